The number of aliphatic hydroxyl groups is 1. The van der Waals surface area contributed by atoms with E-state index in [1.165, 1.54) is 7.11 Å². The fourth-order valence-corrected chi connectivity index (χ4v) is 1.24. The highest BCUT2D eigenvalue weighted by molar-refractivity contribution is 5.94. The molecule has 0 radical (unpaired) electrons. The number of hydrogen-bond acceptors (Lipinski definition) is 5. The highest BCUT2D eigenvalue weighted by Crippen LogP contribution is 2.29. The Hall–Kier alpha value is -1.49. The second-order valence-corrected chi connectivity index (χ2v) is 3.57. The van der Waals surface area contributed by atoms with Gasteiger partial charge in [0.05, 0.1) is 0 Å². The summed E-state index contributed by atoms with van der Waals surface area (Å²) in [5.41, 5.74) is -0.0730. The molecule has 0 atom stereocenters. The summed E-state index contributed by atoms with van der Waals surface area (Å²) < 4.78 is 14.8. The van der Waals surface area contributed by atoms with Crippen LogP contribution >= 0.6 is 0 Å². The average molecular weight is 214 g/mol. The monoisotopic (exact) mass is 214 g/mol. The van der Waals surface area contributed by atoms with Crippen molar-refractivity contribution in [3.05, 3.63) is 23.7 Å². The van der Waals surface area contributed by atoms with Crippen LogP contribution in [0, 0.1) is 0 Å². The molecule has 0 aromatic heterocycles. The van der Waals surface area contributed by atoms with E-state index in [-0.39, 0.29) is 23.7 Å². The predicted octanol–water partition coefficient (Wildman–Crippen LogP) is 1.27. The molecule has 1 aliphatic rings. The Bertz CT molecular complexity index is 305. The minimum atomic E-state index is -1.05. The molecule has 0 saturated carbocycles. The van der Waals surface area contributed by atoms with Crippen LogP contribution in [-0.4, -0.2) is 30.6 Å². The molecule has 5 nitrogen and oxygen atoms in total. The van der Waals surface area contributed by atoms with Crippen LogP contribution in [0.25, 0.3) is 0 Å². The molecular formula is C10H14O5. The number of aliphatic hydroxyl groups excluding tert-OH is 1. The average Bonchev–Trinajstić information content (AvgIpc) is 1.99. The molecule has 15 heavy (non-hydrogen) atoms. The normalized spacial score (nSPS) is 23.1. The number of methoxy groups -OCH3 is 1. The van der Waals surface area contributed by atoms with Gasteiger partial charge in [-0.2, -0.15) is 0 Å². The molecule has 1 fully saturated rings. The van der Waals surface area contributed by atoms with Crippen LogP contribution in [0.5, 0.6) is 0 Å². The number of cyclic esters (lactones) is 1. The number of rotatable bonds is 2. The van der Waals surface area contributed by atoms with Crippen molar-refractivity contribution in [2.45, 2.75) is 19.6 Å². The summed E-state index contributed by atoms with van der Waals surface area (Å²) >= 11 is 0. The van der Waals surface area contributed by atoms with Gasteiger partial charge < -0.3 is 19.3 Å². The standard InChI is InChI=1S/C10H14O5/c1-6-8(7(11)5-13-4)9(12)15-10(2,3)14-6/h11H,1,5H2,2-4H3/b8-7+. The van der Waals surface area contributed by atoms with Crippen LogP contribution in [0.15, 0.2) is 23.7 Å². The Morgan fingerprint density at radius 1 is 1.53 bits per heavy atom. The van der Waals surface area contributed by atoms with Gasteiger partial charge in [0.15, 0.2) is 0 Å². The molecule has 1 N–H and O–H groups in total. The van der Waals surface area contributed by atoms with E-state index in [0.717, 1.165) is 0 Å². The fourth-order valence-electron chi connectivity index (χ4n) is 1.24. The van der Waals surface area contributed by atoms with Gasteiger partial charge in [0.1, 0.15) is 23.7 Å². The van der Waals surface area contributed by atoms with Crippen molar-refractivity contribution in [2.24, 2.45) is 0 Å². The molecular weight excluding hydrogens is 200 g/mol. The second-order valence-electron chi connectivity index (χ2n) is 3.57. The first-order chi connectivity index (χ1) is 6.87. The lowest BCUT2D eigenvalue weighted by molar-refractivity contribution is -0.208. The first kappa shape index (κ1) is 11.6. The van der Waals surface area contributed by atoms with Gasteiger partial charge in [0.25, 0.3) is 0 Å². The Kier molecular flexibility index (Phi) is 3.04. The molecule has 0 aromatic rings. The third-order valence-electron chi connectivity index (χ3n) is 1.76. The van der Waals surface area contributed by atoms with Crippen LogP contribution < -0.4 is 0 Å². The van der Waals surface area contributed by atoms with Crippen LogP contribution in [0.2, 0.25) is 0 Å². The molecule has 84 valence electrons. The molecule has 1 saturated heterocycles. The summed E-state index contributed by atoms with van der Waals surface area (Å²) in [5, 5.41) is 9.50. The minimum Gasteiger partial charge on any atom is -0.509 e. The maximum Gasteiger partial charge on any atom is 0.348 e. The number of esters is 1. The van der Waals surface area contributed by atoms with Gasteiger partial charge in [-0.15, -0.1) is 0 Å². The van der Waals surface area contributed by atoms with Crippen molar-refractivity contribution >= 4 is 5.97 Å². The molecule has 0 spiro atoms. The highest BCUT2D eigenvalue weighted by atomic mass is 16.7. The van der Waals surface area contributed by atoms with Gasteiger partial charge >= 0.3 is 5.97 Å². The van der Waals surface area contributed by atoms with Crippen molar-refractivity contribution in [1.29, 1.82) is 0 Å². The quantitative estimate of drug-likeness (QED) is 0.426. The summed E-state index contributed by atoms with van der Waals surface area (Å²) in [6.07, 6.45) is 0. The van der Waals surface area contributed by atoms with Crippen molar-refractivity contribution in [2.75, 3.05) is 13.7 Å². The van der Waals surface area contributed by atoms with E-state index in [1.807, 2.05) is 0 Å². The van der Waals surface area contributed by atoms with Crippen molar-refractivity contribution in [3.8, 4) is 0 Å². The SMILES string of the molecule is C=C1OC(C)(C)OC(=O)/C1=C(/O)COC. The summed E-state index contributed by atoms with van der Waals surface area (Å²) in [4.78, 5) is 11.5. The smallest absolute Gasteiger partial charge is 0.348 e. The number of carbonyl (C=O) groups excluding carboxylic acids is 1. The summed E-state index contributed by atoms with van der Waals surface area (Å²) in [5.74, 6) is -1.87. The van der Waals surface area contributed by atoms with Gasteiger partial charge in [0.2, 0.25) is 5.79 Å². The van der Waals surface area contributed by atoms with Gasteiger partial charge in [-0.3, -0.25) is 0 Å². The third kappa shape index (κ3) is 2.50. The predicted molar refractivity (Wildman–Crippen MR) is 51.9 cm³/mol. The highest BCUT2D eigenvalue weighted by Gasteiger charge is 2.37. The third-order valence-corrected chi connectivity index (χ3v) is 1.76. The van der Waals surface area contributed by atoms with Crippen LogP contribution in [0.3, 0.4) is 0 Å². The zero-order valence-electron chi connectivity index (χ0n) is 8.99. The van der Waals surface area contributed by atoms with E-state index in [4.69, 9.17) is 14.2 Å². The fraction of sp³-hybridized carbons (Fsp3) is 0.500. The lowest BCUT2D eigenvalue weighted by Crippen LogP contribution is -2.38. The second kappa shape index (κ2) is 3.94. The van der Waals surface area contributed by atoms with Crippen LogP contribution in [0.1, 0.15) is 13.8 Å². The maximum absolute atomic E-state index is 11.5. The van der Waals surface area contributed by atoms with Crippen molar-refractivity contribution in [3.63, 3.8) is 0 Å². The molecule has 0 bridgehead atoms. The van der Waals surface area contributed by atoms with Crippen molar-refractivity contribution < 1.29 is 24.1 Å². The lowest BCUT2D eigenvalue weighted by atomic mass is 10.1. The topological polar surface area (TPSA) is 65.0 Å². The van der Waals surface area contributed by atoms with Crippen LogP contribution in [0.4, 0.5) is 0 Å². The molecule has 0 aliphatic carbocycles. The summed E-state index contributed by atoms with van der Waals surface area (Å²) in [6, 6.07) is 0. The van der Waals surface area contributed by atoms with E-state index < -0.39 is 11.8 Å². The number of carbonyl (C=O) groups is 1. The Morgan fingerprint density at radius 2 is 2.13 bits per heavy atom. The molecule has 5 heteroatoms. The van der Waals surface area contributed by atoms with E-state index in [2.05, 4.69) is 6.58 Å². The van der Waals surface area contributed by atoms with E-state index in [9.17, 15) is 9.90 Å². The zero-order chi connectivity index (χ0) is 11.6. The van der Waals surface area contributed by atoms with Gasteiger partial charge in [-0.05, 0) is 0 Å². The zero-order valence-corrected chi connectivity index (χ0v) is 8.99. The maximum atomic E-state index is 11.5. The summed E-state index contributed by atoms with van der Waals surface area (Å²) in [7, 11) is 1.40. The Labute approximate surface area is 87.9 Å². The number of ether oxygens (including phenoxy) is 3. The molecule has 0 aromatic carbocycles. The molecule has 0 amide bonds. The van der Waals surface area contributed by atoms with E-state index in [1.54, 1.807) is 13.8 Å². The first-order valence-corrected chi connectivity index (χ1v) is 4.40. The van der Waals surface area contributed by atoms with Crippen LogP contribution in [-0.2, 0) is 19.0 Å². The molecule has 1 aliphatic heterocycles. The largest absolute Gasteiger partial charge is 0.509 e. The van der Waals surface area contributed by atoms with Gasteiger partial charge in [0, 0.05) is 21.0 Å². The lowest BCUT2D eigenvalue weighted by Gasteiger charge is -2.32. The first-order valence-electron chi connectivity index (χ1n) is 4.40. The number of hydrogen-bond donors (Lipinski definition) is 1. The Balaban J connectivity index is 2.98. The molecule has 1 rings (SSSR count). The van der Waals surface area contributed by atoms with E-state index >= 15 is 0 Å². The van der Waals surface area contributed by atoms with Gasteiger partial charge in [-0.1, -0.05) is 6.58 Å². The summed E-state index contributed by atoms with van der Waals surface area (Å²) in [6.45, 7) is 6.63. The molecule has 1 heterocycles. The van der Waals surface area contributed by atoms with Crippen molar-refractivity contribution in [1.82, 2.24) is 0 Å². The van der Waals surface area contributed by atoms with Gasteiger partial charge in [-0.25, -0.2) is 4.79 Å². The van der Waals surface area contributed by atoms with E-state index in [0.29, 0.717) is 0 Å². The molecule has 0 unspecified atom stereocenters. The minimum absolute atomic E-state index is 0.0730. The Morgan fingerprint density at radius 3 is 2.60 bits per heavy atom.